The Kier molecular flexibility index (Phi) is 6.31. The van der Waals surface area contributed by atoms with Crippen LogP contribution in [0.2, 0.25) is 0 Å². The zero-order chi connectivity index (χ0) is 17.8. The van der Waals surface area contributed by atoms with Gasteiger partial charge in [-0.25, -0.2) is 0 Å². The molecular formula is C20H22Br2N2O. The van der Waals surface area contributed by atoms with Gasteiger partial charge in [0.25, 0.3) is 0 Å². The van der Waals surface area contributed by atoms with Gasteiger partial charge in [-0.05, 0) is 54.8 Å². The molecule has 2 aliphatic heterocycles. The molecule has 25 heavy (non-hydrogen) atoms. The van der Waals surface area contributed by atoms with Gasteiger partial charge in [-0.1, -0.05) is 56.1 Å². The summed E-state index contributed by atoms with van der Waals surface area (Å²) < 4.78 is 2.23. The van der Waals surface area contributed by atoms with Crippen LogP contribution in [0.15, 0.2) is 57.5 Å². The topological polar surface area (TPSA) is 32.3 Å². The molecule has 2 aromatic carbocycles. The summed E-state index contributed by atoms with van der Waals surface area (Å²) in [5.74, 6) is 0.171. The zero-order valence-electron chi connectivity index (χ0n) is 14.2. The lowest BCUT2D eigenvalue weighted by Gasteiger charge is -2.40. The first-order valence-corrected chi connectivity index (χ1v) is 10.1. The number of carbonyl (C=O) groups is 1. The monoisotopic (exact) mass is 464 g/mol. The first kappa shape index (κ1) is 18.6. The van der Waals surface area contributed by atoms with Crippen molar-refractivity contribution in [3.63, 3.8) is 0 Å². The Labute approximate surface area is 166 Å². The Hall–Kier alpha value is -1.17. The maximum atomic E-state index is 11.2. The number of halogens is 2. The van der Waals surface area contributed by atoms with Crippen molar-refractivity contribution in [2.45, 2.75) is 31.8 Å². The second kappa shape index (κ2) is 8.47. The minimum Gasteiger partial charge on any atom is -0.336 e. The molecule has 2 fully saturated rings. The second-order valence-corrected chi connectivity index (χ2v) is 8.25. The lowest BCUT2D eigenvalue weighted by atomic mass is 9.95. The van der Waals surface area contributed by atoms with Crippen LogP contribution in [-0.4, -0.2) is 23.9 Å². The number of carbonyl (C=O) groups excluding carboxylic acids is 1. The maximum Gasteiger partial charge on any atom is 0.219 e. The summed E-state index contributed by atoms with van der Waals surface area (Å²) in [5, 5.41) is 3.37. The summed E-state index contributed by atoms with van der Waals surface area (Å²) in [4.78, 5) is 13.1. The van der Waals surface area contributed by atoms with Gasteiger partial charge < -0.3 is 10.2 Å². The normalized spacial score (nSPS) is 21.5. The van der Waals surface area contributed by atoms with Gasteiger partial charge in [0, 0.05) is 28.5 Å². The van der Waals surface area contributed by atoms with Crippen molar-refractivity contribution in [3.8, 4) is 0 Å². The Bertz CT molecular complexity index is 711. The van der Waals surface area contributed by atoms with Crippen molar-refractivity contribution in [1.82, 2.24) is 10.2 Å². The number of amides is 1. The van der Waals surface area contributed by atoms with Crippen molar-refractivity contribution < 1.29 is 4.79 Å². The van der Waals surface area contributed by atoms with Gasteiger partial charge in [0.2, 0.25) is 5.91 Å². The van der Waals surface area contributed by atoms with Gasteiger partial charge in [-0.2, -0.15) is 0 Å². The van der Waals surface area contributed by atoms with Gasteiger partial charge >= 0.3 is 0 Å². The largest absolute Gasteiger partial charge is 0.336 e. The SMILES string of the molecule is Brc1ccc(C2CCN2)cc1.CC(=O)N1CCC1c1ccc(Br)cc1. The van der Waals surface area contributed by atoms with Crippen LogP contribution >= 0.6 is 31.9 Å². The number of benzene rings is 2. The van der Waals surface area contributed by atoms with Crippen LogP contribution in [0.25, 0.3) is 0 Å². The Morgan fingerprint density at radius 3 is 1.84 bits per heavy atom. The summed E-state index contributed by atoms with van der Waals surface area (Å²) in [6.07, 6.45) is 2.36. The molecule has 1 amide bonds. The number of likely N-dealkylation sites (tertiary alicyclic amines) is 1. The quantitative estimate of drug-likeness (QED) is 0.658. The molecule has 0 radical (unpaired) electrons. The van der Waals surface area contributed by atoms with E-state index in [0.717, 1.165) is 21.9 Å². The van der Waals surface area contributed by atoms with Crippen molar-refractivity contribution in [3.05, 3.63) is 68.6 Å². The number of hydrogen-bond donors (Lipinski definition) is 1. The van der Waals surface area contributed by atoms with Crippen molar-refractivity contribution in [2.24, 2.45) is 0 Å². The molecule has 5 heteroatoms. The molecule has 1 N–H and O–H groups in total. The van der Waals surface area contributed by atoms with Crippen LogP contribution in [0.5, 0.6) is 0 Å². The lowest BCUT2D eigenvalue weighted by molar-refractivity contribution is -0.136. The molecule has 3 nitrogen and oxygen atoms in total. The standard InChI is InChI=1S/C11H12BrNO.C9H10BrN/c1-8(14)13-7-6-11(13)9-2-4-10(12)5-3-9;10-8-3-1-7(2-4-8)9-5-6-11-9/h2-5,11H,6-7H2,1H3;1-4,9,11H,5-6H2. The van der Waals surface area contributed by atoms with E-state index in [1.165, 1.54) is 24.1 Å². The zero-order valence-corrected chi connectivity index (χ0v) is 17.4. The molecule has 2 saturated heterocycles. The number of rotatable bonds is 2. The molecule has 0 saturated carbocycles. The van der Waals surface area contributed by atoms with E-state index in [1.54, 1.807) is 6.92 Å². The van der Waals surface area contributed by atoms with Crippen molar-refractivity contribution in [2.75, 3.05) is 13.1 Å². The van der Waals surface area contributed by atoms with E-state index in [0.29, 0.717) is 12.1 Å². The first-order valence-electron chi connectivity index (χ1n) is 8.56. The average Bonchev–Trinajstić information content (AvgIpc) is 2.49. The Morgan fingerprint density at radius 1 is 0.960 bits per heavy atom. The highest BCUT2D eigenvalue weighted by molar-refractivity contribution is 9.10. The molecule has 2 heterocycles. The summed E-state index contributed by atoms with van der Waals surface area (Å²) in [5.41, 5.74) is 2.63. The predicted molar refractivity (Wildman–Crippen MR) is 108 cm³/mol. The Morgan fingerprint density at radius 2 is 1.48 bits per heavy atom. The summed E-state index contributed by atoms with van der Waals surface area (Å²) >= 11 is 6.81. The van der Waals surface area contributed by atoms with Crippen LogP contribution < -0.4 is 5.32 Å². The minimum atomic E-state index is 0.171. The smallest absolute Gasteiger partial charge is 0.219 e. The van der Waals surface area contributed by atoms with Gasteiger partial charge in [0.1, 0.15) is 0 Å². The fourth-order valence-corrected chi connectivity index (χ4v) is 3.59. The van der Waals surface area contributed by atoms with Crippen LogP contribution in [0.3, 0.4) is 0 Å². The lowest BCUT2D eigenvalue weighted by Crippen LogP contribution is -2.43. The van der Waals surface area contributed by atoms with Crippen molar-refractivity contribution in [1.29, 1.82) is 0 Å². The van der Waals surface area contributed by atoms with E-state index < -0.39 is 0 Å². The highest BCUT2D eigenvalue weighted by Gasteiger charge is 2.30. The molecule has 0 bridgehead atoms. The molecule has 2 unspecified atom stereocenters. The third kappa shape index (κ3) is 4.72. The molecule has 4 rings (SSSR count). The molecule has 2 aromatic rings. The maximum absolute atomic E-state index is 11.2. The van der Waals surface area contributed by atoms with E-state index in [9.17, 15) is 4.79 Å². The van der Waals surface area contributed by atoms with Crippen LogP contribution in [0.1, 0.15) is 43.0 Å². The first-order chi connectivity index (χ1) is 12.0. The molecule has 0 aromatic heterocycles. The second-order valence-electron chi connectivity index (χ2n) is 6.42. The predicted octanol–water partition coefficient (Wildman–Crippen LogP) is 5.23. The summed E-state index contributed by atoms with van der Waals surface area (Å²) in [7, 11) is 0. The number of nitrogens with zero attached hydrogens (tertiary/aromatic N) is 1. The van der Waals surface area contributed by atoms with Gasteiger partial charge in [0.05, 0.1) is 6.04 Å². The van der Waals surface area contributed by atoms with Crippen molar-refractivity contribution >= 4 is 37.8 Å². The van der Waals surface area contributed by atoms with Crippen LogP contribution in [0, 0.1) is 0 Å². The van der Waals surface area contributed by atoms with Gasteiger partial charge in [-0.3, -0.25) is 4.79 Å². The van der Waals surface area contributed by atoms with E-state index >= 15 is 0 Å². The van der Waals surface area contributed by atoms with E-state index in [4.69, 9.17) is 0 Å². The van der Waals surface area contributed by atoms with E-state index in [2.05, 4.69) is 73.6 Å². The molecule has 0 spiro atoms. The third-order valence-corrected chi connectivity index (χ3v) is 5.83. The Balaban J connectivity index is 0.000000150. The van der Waals surface area contributed by atoms with Gasteiger partial charge in [-0.15, -0.1) is 0 Å². The fraction of sp³-hybridized carbons (Fsp3) is 0.350. The van der Waals surface area contributed by atoms with E-state index in [-0.39, 0.29) is 5.91 Å². The summed E-state index contributed by atoms with van der Waals surface area (Å²) in [6, 6.07) is 17.6. The van der Waals surface area contributed by atoms with Gasteiger partial charge in [0.15, 0.2) is 0 Å². The minimum absolute atomic E-state index is 0.171. The van der Waals surface area contributed by atoms with Crippen LogP contribution in [0.4, 0.5) is 0 Å². The molecule has 2 aliphatic rings. The van der Waals surface area contributed by atoms with Crippen LogP contribution in [-0.2, 0) is 4.79 Å². The summed E-state index contributed by atoms with van der Waals surface area (Å²) in [6.45, 7) is 3.70. The number of nitrogens with one attached hydrogen (secondary N) is 1. The molecular weight excluding hydrogens is 444 g/mol. The average molecular weight is 466 g/mol. The highest BCUT2D eigenvalue weighted by Crippen LogP contribution is 2.33. The molecule has 2 atom stereocenters. The third-order valence-electron chi connectivity index (χ3n) is 4.78. The molecule has 0 aliphatic carbocycles. The highest BCUT2D eigenvalue weighted by atomic mass is 79.9. The fourth-order valence-electron chi connectivity index (χ4n) is 3.06. The van der Waals surface area contributed by atoms with E-state index in [1.807, 2.05) is 17.0 Å². The molecule has 132 valence electrons. The number of hydrogen-bond acceptors (Lipinski definition) is 2.